The third-order valence-corrected chi connectivity index (χ3v) is 6.11. The number of ketones is 1. The summed E-state index contributed by atoms with van der Waals surface area (Å²) in [6, 6.07) is 15.7. The molecule has 0 spiro atoms. The fraction of sp³-hybridized carbons (Fsp3) is 0.333. The van der Waals surface area contributed by atoms with Crippen LogP contribution >= 0.6 is 0 Å². The molecule has 1 aliphatic heterocycles. The van der Waals surface area contributed by atoms with Crippen molar-refractivity contribution in [3.8, 4) is 17.6 Å². The number of hydrogen-bond donors (Lipinski definition) is 1. The fourth-order valence-corrected chi connectivity index (χ4v) is 4.45. The lowest BCUT2D eigenvalue weighted by Gasteiger charge is -2.37. The molecule has 1 aliphatic carbocycles. The van der Waals surface area contributed by atoms with Crippen molar-refractivity contribution in [1.29, 1.82) is 5.26 Å². The number of allylic oxidation sites excluding steroid dienone is 3. The molecule has 33 heavy (non-hydrogen) atoms. The molecule has 1 heterocycles. The van der Waals surface area contributed by atoms with Gasteiger partial charge in [0.05, 0.1) is 13.0 Å². The Balaban J connectivity index is 1.69. The summed E-state index contributed by atoms with van der Waals surface area (Å²) in [6.45, 7) is 6.48. The van der Waals surface area contributed by atoms with Crippen molar-refractivity contribution in [3.63, 3.8) is 0 Å². The summed E-state index contributed by atoms with van der Waals surface area (Å²) in [5.41, 5.74) is 9.60. The Morgan fingerprint density at radius 1 is 1.15 bits per heavy atom. The van der Waals surface area contributed by atoms with Crippen LogP contribution in [0.2, 0.25) is 0 Å². The topological polar surface area (TPSA) is 94.6 Å². The summed E-state index contributed by atoms with van der Waals surface area (Å²) in [7, 11) is 1.57. The molecule has 6 nitrogen and oxygen atoms in total. The van der Waals surface area contributed by atoms with Crippen LogP contribution in [-0.2, 0) is 16.1 Å². The third kappa shape index (κ3) is 4.45. The van der Waals surface area contributed by atoms with E-state index < -0.39 is 5.92 Å². The number of Topliss-reactive ketones (excluding diaryl/α,β-unsaturated/α-hetero) is 1. The van der Waals surface area contributed by atoms with E-state index in [0.717, 1.165) is 11.1 Å². The molecule has 2 aromatic carbocycles. The van der Waals surface area contributed by atoms with E-state index in [9.17, 15) is 10.1 Å². The average Bonchev–Trinajstić information content (AvgIpc) is 2.77. The lowest BCUT2D eigenvalue weighted by atomic mass is 9.70. The first kappa shape index (κ1) is 22.5. The second-order valence-electron chi connectivity index (χ2n) is 9.39. The maximum Gasteiger partial charge on any atom is 0.205 e. The van der Waals surface area contributed by atoms with Gasteiger partial charge in [-0.15, -0.1) is 0 Å². The van der Waals surface area contributed by atoms with Crippen LogP contribution in [0.3, 0.4) is 0 Å². The van der Waals surface area contributed by atoms with Crippen molar-refractivity contribution in [2.45, 2.75) is 46.1 Å². The maximum atomic E-state index is 13.1. The molecule has 0 unspecified atom stereocenters. The zero-order chi connectivity index (χ0) is 23.8. The minimum atomic E-state index is -0.595. The number of methoxy groups -OCH3 is 1. The van der Waals surface area contributed by atoms with Crippen LogP contribution in [0.5, 0.6) is 11.5 Å². The van der Waals surface area contributed by atoms with E-state index in [-0.39, 0.29) is 22.7 Å². The Morgan fingerprint density at radius 3 is 2.55 bits per heavy atom. The van der Waals surface area contributed by atoms with Gasteiger partial charge in [0.1, 0.15) is 24.0 Å². The number of benzene rings is 2. The van der Waals surface area contributed by atoms with Crippen molar-refractivity contribution >= 4 is 5.78 Å². The first-order chi connectivity index (χ1) is 15.7. The number of ether oxygens (including phenoxy) is 3. The highest BCUT2D eigenvalue weighted by Crippen LogP contribution is 2.48. The Morgan fingerprint density at radius 2 is 1.88 bits per heavy atom. The van der Waals surface area contributed by atoms with Crippen LogP contribution in [0.15, 0.2) is 65.3 Å². The summed E-state index contributed by atoms with van der Waals surface area (Å²) in [6.07, 6.45) is 0.970. The van der Waals surface area contributed by atoms with E-state index in [1.54, 1.807) is 13.2 Å². The number of aryl methyl sites for hydroxylation is 1. The molecule has 4 rings (SSSR count). The van der Waals surface area contributed by atoms with E-state index in [2.05, 4.69) is 6.07 Å². The minimum absolute atomic E-state index is 0.0230. The van der Waals surface area contributed by atoms with Gasteiger partial charge in [0.2, 0.25) is 5.88 Å². The fourth-order valence-electron chi connectivity index (χ4n) is 4.45. The molecule has 0 bridgehead atoms. The average molecular weight is 445 g/mol. The van der Waals surface area contributed by atoms with E-state index in [4.69, 9.17) is 19.9 Å². The van der Waals surface area contributed by atoms with Gasteiger partial charge in [-0.2, -0.15) is 5.26 Å². The number of carbonyl (C=O) groups excluding carboxylic acids is 1. The third-order valence-electron chi connectivity index (χ3n) is 6.11. The molecule has 1 atom stereocenters. The molecule has 6 heteroatoms. The predicted molar refractivity (Wildman–Crippen MR) is 124 cm³/mol. The van der Waals surface area contributed by atoms with E-state index in [0.29, 0.717) is 42.3 Å². The van der Waals surface area contributed by atoms with Crippen molar-refractivity contribution < 1.29 is 19.0 Å². The zero-order valence-electron chi connectivity index (χ0n) is 19.4. The Hall–Kier alpha value is -3.72. The number of hydrogen-bond acceptors (Lipinski definition) is 6. The number of nitriles is 1. The Kier molecular flexibility index (Phi) is 5.90. The molecule has 0 saturated heterocycles. The molecule has 2 aromatic rings. The monoisotopic (exact) mass is 444 g/mol. The molecule has 2 aliphatic rings. The van der Waals surface area contributed by atoms with E-state index >= 15 is 0 Å². The van der Waals surface area contributed by atoms with Gasteiger partial charge in [-0.05, 0) is 35.6 Å². The van der Waals surface area contributed by atoms with Crippen molar-refractivity contribution in [3.05, 3.63) is 81.9 Å². The van der Waals surface area contributed by atoms with Crippen molar-refractivity contribution in [1.82, 2.24) is 0 Å². The second kappa shape index (κ2) is 8.67. The van der Waals surface area contributed by atoms with Gasteiger partial charge in [-0.25, -0.2) is 0 Å². The number of carbonyl (C=O) groups is 1. The lowest BCUT2D eigenvalue weighted by Crippen LogP contribution is -2.33. The van der Waals surface area contributed by atoms with E-state index in [1.807, 2.05) is 57.2 Å². The quantitative estimate of drug-likeness (QED) is 0.695. The molecule has 0 amide bonds. The zero-order valence-corrected chi connectivity index (χ0v) is 19.4. The van der Waals surface area contributed by atoms with Gasteiger partial charge in [0, 0.05) is 18.4 Å². The normalized spacial score (nSPS) is 19.5. The maximum absolute atomic E-state index is 13.1. The molecule has 0 saturated carbocycles. The second-order valence-corrected chi connectivity index (χ2v) is 9.39. The number of nitrogens with two attached hydrogens (primary N) is 1. The molecule has 0 radical (unpaired) electrons. The van der Waals surface area contributed by atoms with Crippen molar-refractivity contribution in [2.75, 3.05) is 7.11 Å². The van der Waals surface area contributed by atoms with Gasteiger partial charge in [0.15, 0.2) is 17.3 Å². The van der Waals surface area contributed by atoms with Crippen LogP contribution in [-0.4, -0.2) is 12.9 Å². The van der Waals surface area contributed by atoms with Crippen LogP contribution in [0, 0.1) is 23.7 Å². The molecule has 0 fully saturated rings. The van der Waals surface area contributed by atoms with Crippen LogP contribution in [0.25, 0.3) is 0 Å². The molecule has 170 valence electrons. The SMILES string of the molecule is COc1cc([C@H]2C(C#N)=C(N)OC3=C2C(=O)CC(C)(C)C3)ccc1OCc1ccc(C)cc1. The summed E-state index contributed by atoms with van der Waals surface area (Å²) in [4.78, 5) is 13.1. The molecule has 2 N–H and O–H groups in total. The molecular weight excluding hydrogens is 416 g/mol. The molecular formula is C27H28N2O4. The smallest absolute Gasteiger partial charge is 0.205 e. The first-order valence-corrected chi connectivity index (χ1v) is 10.9. The largest absolute Gasteiger partial charge is 0.493 e. The predicted octanol–water partition coefficient (Wildman–Crippen LogP) is 5.03. The van der Waals surface area contributed by atoms with Gasteiger partial charge in [-0.3, -0.25) is 4.79 Å². The minimum Gasteiger partial charge on any atom is -0.493 e. The summed E-state index contributed by atoms with van der Waals surface area (Å²) in [5.74, 6) is 1.08. The number of nitrogens with zero attached hydrogens (tertiary/aromatic N) is 1. The first-order valence-electron chi connectivity index (χ1n) is 10.9. The van der Waals surface area contributed by atoms with Crippen molar-refractivity contribution in [2.24, 2.45) is 11.1 Å². The van der Waals surface area contributed by atoms with E-state index in [1.165, 1.54) is 5.56 Å². The number of rotatable bonds is 5. The lowest BCUT2D eigenvalue weighted by molar-refractivity contribution is -0.119. The highest BCUT2D eigenvalue weighted by atomic mass is 16.5. The summed E-state index contributed by atoms with van der Waals surface area (Å²) < 4.78 is 17.3. The van der Waals surface area contributed by atoms with Gasteiger partial charge >= 0.3 is 0 Å². The van der Waals surface area contributed by atoms with Crippen LogP contribution < -0.4 is 15.2 Å². The van der Waals surface area contributed by atoms with Crippen LogP contribution in [0.4, 0.5) is 0 Å². The molecule has 0 aromatic heterocycles. The highest BCUT2D eigenvalue weighted by molar-refractivity contribution is 6.00. The van der Waals surface area contributed by atoms with Crippen LogP contribution in [0.1, 0.15) is 49.3 Å². The standard InChI is InChI=1S/C27H28N2O4/c1-16-5-7-17(8-6-16)15-32-21-10-9-18(11-22(21)31-4)24-19(14-28)26(29)33-23-13-27(2,3)12-20(30)25(23)24/h5-11,24H,12-13,15,29H2,1-4H3/t24-/m0/s1. The van der Waals surface area contributed by atoms with Gasteiger partial charge in [0.25, 0.3) is 0 Å². The van der Waals surface area contributed by atoms with Gasteiger partial charge in [-0.1, -0.05) is 49.7 Å². The highest BCUT2D eigenvalue weighted by Gasteiger charge is 2.43. The summed E-state index contributed by atoms with van der Waals surface area (Å²) >= 11 is 0. The van der Waals surface area contributed by atoms with Gasteiger partial charge < -0.3 is 19.9 Å². The Labute approximate surface area is 194 Å². The Bertz CT molecular complexity index is 1200. The summed E-state index contributed by atoms with van der Waals surface area (Å²) in [5, 5.41) is 9.83.